The van der Waals surface area contributed by atoms with Crippen LogP contribution in [0.2, 0.25) is 0 Å². The van der Waals surface area contributed by atoms with E-state index in [1.807, 2.05) is 12.1 Å². The van der Waals surface area contributed by atoms with Gasteiger partial charge in [-0.3, -0.25) is 0 Å². The summed E-state index contributed by atoms with van der Waals surface area (Å²) in [5.74, 6) is -0.174. The van der Waals surface area contributed by atoms with Gasteiger partial charge in [-0.15, -0.1) is 0 Å². The minimum atomic E-state index is -0.174. The van der Waals surface area contributed by atoms with E-state index in [9.17, 15) is 4.39 Å². The smallest absolute Gasteiger partial charge is 0.123 e. The first-order chi connectivity index (χ1) is 7.83. The Bertz CT molecular complexity index is 272. The highest BCUT2D eigenvalue weighted by molar-refractivity contribution is 5.15. The molecular weight excluding hydrogens is 203 g/mol. The average molecular weight is 224 g/mol. The van der Waals surface area contributed by atoms with Crippen molar-refractivity contribution in [1.82, 2.24) is 10.6 Å². The largest absolute Gasteiger partial charge is 0.317 e. The van der Waals surface area contributed by atoms with Gasteiger partial charge in [0.05, 0.1) is 0 Å². The fraction of sp³-hybridized carbons (Fsp3) is 0.538. The number of halogens is 1. The van der Waals surface area contributed by atoms with Crippen molar-refractivity contribution in [3.63, 3.8) is 0 Å². The molecule has 1 rings (SSSR count). The highest BCUT2D eigenvalue weighted by Crippen LogP contribution is 2.01. The Labute approximate surface area is 97.3 Å². The van der Waals surface area contributed by atoms with Crippen molar-refractivity contribution in [2.45, 2.75) is 26.3 Å². The first kappa shape index (κ1) is 13.1. The van der Waals surface area contributed by atoms with Crippen molar-refractivity contribution >= 4 is 0 Å². The standard InChI is InChI=1S/C13H21FN2/c1-2-8-15-9-3-10-16-11-12-4-6-13(14)7-5-12/h4-7,15-16H,2-3,8-11H2,1H3. The molecule has 0 aliphatic carbocycles. The Morgan fingerprint density at radius 3 is 2.38 bits per heavy atom. The molecule has 0 radical (unpaired) electrons. The normalized spacial score (nSPS) is 10.6. The van der Waals surface area contributed by atoms with Crippen LogP contribution in [0, 0.1) is 5.82 Å². The summed E-state index contributed by atoms with van der Waals surface area (Å²) in [5, 5.41) is 6.69. The summed E-state index contributed by atoms with van der Waals surface area (Å²) in [7, 11) is 0. The Hall–Kier alpha value is -0.930. The van der Waals surface area contributed by atoms with Gasteiger partial charge in [-0.25, -0.2) is 4.39 Å². The Balaban J connectivity index is 2.01. The van der Waals surface area contributed by atoms with Crippen LogP contribution in [0.25, 0.3) is 0 Å². The number of benzene rings is 1. The lowest BCUT2D eigenvalue weighted by molar-refractivity contribution is 0.591. The molecule has 0 heterocycles. The van der Waals surface area contributed by atoms with Gasteiger partial charge in [0.1, 0.15) is 5.82 Å². The molecule has 2 nitrogen and oxygen atoms in total. The maximum absolute atomic E-state index is 12.6. The molecule has 3 heteroatoms. The zero-order chi connectivity index (χ0) is 11.6. The van der Waals surface area contributed by atoms with Crippen LogP contribution in [0.3, 0.4) is 0 Å². The molecular formula is C13H21FN2. The van der Waals surface area contributed by atoms with Crippen molar-refractivity contribution in [1.29, 1.82) is 0 Å². The topological polar surface area (TPSA) is 24.1 Å². The second kappa shape index (κ2) is 8.25. The van der Waals surface area contributed by atoms with Crippen LogP contribution >= 0.6 is 0 Å². The highest BCUT2D eigenvalue weighted by Gasteiger charge is 1.93. The molecule has 0 unspecified atom stereocenters. The van der Waals surface area contributed by atoms with E-state index in [1.165, 1.54) is 18.6 Å². The third-order valence-electron chi connectivity index (χ3n) is 2.38. The highest BCUT2D eigenvalue weighted by atomic mass is 19.1. The van der Waals surface area contributed by atoms with Crippen LogP contribution in [0.5, 0.6) is 0 Å². The number of nitrogens with one attached hydrogen (secondary N) is 2. The Morgan fingerprint density at radius 2 is 1.69 bits per heavy atom. The van der Waals surface area contributed by atoms with E-state index in [-0.39, 0.29) is 5.82 Å². The van der Waals surface area contributed by atoms with Gasteiger partial charge in [0, 0.05) is 6.54 Å². The first-order valence-corrected chi connectivity index (χ1v) is 5.99. The third kappa shape index (κ3) is 5.83. The van der Waals surface area contributed by atoms with Crippen molar-refractivity contribution < 1.29 is 4.39 Å². The van der Waals surface area contributed by atoms with Gasteiger partial charge in [0.25, 0.3) is 0 Å². The fourth-order valence-electron chi connectivity index (χ4n) is 1.48. The molecule has 16 heavy (non-hydrogen) atoms. The Morgan fingerprint density at radius 1 is 1.00 bits per heavy atom. The van der Waals surface area contributed by atoms with Crippen LogP contribution in [0.4, 0.5) is 4.39 Å². The summed E-state index contributed by atoms with van der Waals surface area (Å²) in [6.45, 7) is 6.13. The lowest BCUT2D eigenvalue weighted by atomic mass is 10.2. The van der Waals surface area contributed by atoms with E-state index >= 15 is 0 Å². The van der Waals surface area contributed by atoms with Crippen LogP contribution in [0.15, 0.2) is 24.3 Å². The molecule has 0 bridgehead atoms. The summed E-state index contributed by atoms with van der Waals surface area (Å²) >= 11 is 0. The summed E-state index contributed by atoms with van der Waals surface area (Å²) in [4.78, 5) is 0. The minimum absolute atomic E-state index is 0.174. The van der Waals surface area contributed by atoms with Gasteiger partial charge >= 0.3 is 0 Å². The van der Waals surface area contributed by atoms with Crippen molar-refractivity contribution in [3.8, 4) is 0 Å². The number of hydrogen-bond acceptors (Lipinski definition) is 2. The Kier molecular flexibility index (Phi) is 6.77. The predicted molar refractivity (Wildman–Crippen MR) is 65.9 cm³/mol. The molecule has 1 aromatic carbocycles. The van der Waals surface area contributed by atoms with Crippen LogP contribution in [-0.4, -0.2) is 19.6 Å². The zero-order valence-corrected chi connectivity index (χ0v) is 9.93. The summed E-state index contributed by atoms with van der Waals surface area (Å²) < 4.78 is 12.6. The molecule has 0 spiro atoms. The molecule has 90 valence electrons. The van der Waals surface area contributed by atoms with Crippen molar-refractivity contribution in [3.05, 3.63) is 35.6 Å². The maximum atomic E-state index is 12.6. The summed E-state index contributed by atoms with van der Waals surface area (Å²) in [5.41, 5.74) is 1.13. The number of hydrogen-bond donors (Lipinski definition) is 2. The molecule has 0 amide bonds. The molecule has 0 aromatic heterocycles. The molecule has 2 N–H and O–H groups in total. The van der Waals surface area contributed by atoms with Crippen molar-refractivity contribution in [2.75, 3.05) is 19.6 Å². The average Bonchev–Trinajstić information content (AvgIpc) is 2.30. The molecule has 0 fully saturated rings. The lowest BCUT2D eigenvalue weighted by Gasteiger charge is -2.05. The van der Waals surface area contributed by atoms with Gasteiger partial charge < -0.3 is 10.6 Å². The number of rotatable bonds is 8. The van der Waals surface area contributed by atoms with Crippen LogP contribution in [-0.2, 0) is 6.54 Å². The van der Waals surface area contributed by atoms with E-state index in [4.69, 9.17) is 0 Å². The molecule has 0 aliphatic heterocycles. The van der Waals surface area contributed by atoms with Gasteiger partial charge in [0.2, 0.25) is 0 Å². The lowest BCUT2D eigenvalue weighted by Crippen LogP contribution is -2.22. The zero-order valence-electron chi connectivity index (χ0n) is 9.93. The van der Waals surface area contributed by atoms with Crippen LogP contribution in [0.1, 0.15) is 25.3 Å². The quantitative estimate of drug-likeness (QED) is 0.662. The van der Waals surface area contributed by atoms with E-state index in [1.54, 1.807) is 0 Å². The van der Waals surface area contributed by atoms with Gasteiger partial charge in [-0.1, -0.05) is 19.1 Å². The fourth-order valence-corrected chi connectivity index (χ4v) is 1.48. The van der Waals surface area contributed by atoms with E-state index in [0.29, 0.717) is 0 Å². The molecule has 0 aliphatic rings. The molecule has 0 saturated heterocycles. The SMILES string of the molecule is CCCNCCCNCc1ccc(F)cc1. The van der Waals surface area contributed by atoms with E-state index < -0.39 is 0 Å². The van der Waals surface area contributed by atoms with Crippen molar-refractivity contribution in [2.24, 2.45) is 0 Å². The van der Waals surface area contributed by atoms with E-state index in [2.05, 4.69) is 17.6 Å². The summed E-state index contributed by atoms with van der Waals surface area (Å²) in [6, 6.07) is 6.63. The first-order valence-electron chi connectivity index (χ1n) is 5.99. The van der Waals surface area contributed by atoms with Gasteiger partial charge in [-0.05, 0) is 50.2 Å². The van der Waals surface area contributed by atoms with Gasteiger partial charge in [0.15, 0.2) is 0 Å². The van der Waals surface area contributed by atoms with E-state index in [0.717, 1.165) is 38.2 Å². The molecule has 0 atom stereocenters. The molecule has 1 aromatic rings. The monoisotopic (exact) mass is 224 g/mol. The second-order valence-corrected chi connectivity index (χ2v) is 3.91. The second-order valence-electron chi connectivity index (χ2n) is 3.91. The maximum Gasteiger partial charge on any atom is 0.123 e. The minimum Gasteiger partial charge on any atom is -0.317 e. The van der Waals surface area contributed by atoms with Crippen LogP contribution < -0.4 is 10.6 Å². The summed E-state index contributed by atoms with van der Waals surface area (Å²) in [6.07, 6.45) is 2.31. The third-order valence-corrected chi connectivity index (χ3v) is 2.38. The predicted octanol–water partition coefficient (Wildman–Crippen LogP) is 2.31. The molecule has 0 saturated carbocycles. The van der Waals surface area contributed by atoms with Gasteiger partial charge in [-0.2, -0.15) is 0 Å².